The number of nitrogens with one attached hydrogen (secondary N) is 1. The van der Waals surface area contributed by atoms with Crippen molar-refractivity contribution in [3.05, 3.63) is 66.0 Å². The molecule has 1 fully saturated rings. The summed E-state index contributed by atoms with van der Waals surface area (Å²) in [6.07, 6.45) is 3.37. The van der Waals surface area contributed by atoms with Crippen LogP contribution in [0.3, 0.4) is 0 Å². The lowest BCUT2D eigenvalue weighted by Crippen LogP contribution is -2.40. The molecule has 1 N–H and O–H groups in total. The minimum absolute atomic E-state index is 0.172. The first-order valence-corrected chi connectivity index (χ1v) is 8.82. The maximum absolute atomic E-state index is 12.6. The van der Waals surface area contributed by atoms with Gasteiger partial charge in [-0.25, -0.2) is 0 Å². The van der Waals surface area contributed by atoms with Crippen LogP contribution in [0.25, 0.3) is 0 Å². The molecule has 0 spiro atoms. The molecule has 6 heteroatoms. The van der Waals surface area contributed by atoms with Gasteiger partial charge in [0.15, 0.2) is 0 Å². The van der Waals surface area contributed by atoms with E-state index in [4.69, 9.17) is 0 Å². The SMILES string of the molecule is O=S(=O)(NCc1ccccc1)N1CCC[C@@H]1c1ccccn1. The van der Waals surface area contributed by atoms with Gasteiger partial charge in [0.2, 0.25) is 0 Å². The van der Waals surface area contributed by atoms with Gasteiger partial charge in [0.25, 0.3) is 10.2 Å². The molecule has 0 aliphatic carbocycles. The number of aromatic nitrogens is 1. The highest BCUT2D eigenvalue weighted by molar-refractivity contribution is 7.87. The van der Waals surface area contributed by atoms with Gasteiger partial charge in [0.05, 0.1) is 11.7 Å². The van der Waals surface area contributed by atoms with Gasteiger partial charge in [-0.3, -0.25) is 4.98 Å². The molecule has 0 unspecified atom stereocenters. The van der Waals surface area contributed by atoms with Crippen molar-refractivity contribution in [2.24, 2.45) is 0 Å². The molecule has 2 aromatic rings. The van der Waals surface area contributed by atoms with E-state index in [1.165, 1.54) is 4.31 Å². The van der Waals surface area contributed by atoms with Crippen LogP contribution in [0, 0.1) is 0 Å². The summed E-state index contributed by atoms with van der Waals surface area (Å²) in [5.74, 6) is 0. The second kappa shape index (κ2) is 6.56. The third-order valence-corrected chi connectivity index (χ3v) is 5.41. The number of hydrogen-bond donors (Lipinski definition) is 1. The topological polar surface area (TPSA) is 62.3 Å². The fourth-order valence-corrected chi connectivity index (χ4v) is 4.18. The molecule has 1 saturated heterocycles. The van der Waals surface area contributed by atoms with E-state index in [-0.39, 0.29) is 6.04 Å². The van der Waals surface area contributed by atoms with Crippen LogP contribution in [0.2, 0.25) is 0 Å². The van der Waals surface area contributed by atoms with E-state index in [2.05, 4.69) is 9.71 Å². The van der Waals surface area contributed by atoms with Gasteiger partial charge in [0.1, 0.15) is 0 Å². The quantitative estimate of drug-likeness (QED) is 0.920. The number of pyridine rings is 1. The molecule has 0 radical (unpaired) electrons. The van der Waals surface area contributed by atoms with E-state index >= 15 is 0 Å². The number of nitrogens with zero attached hydrogens (tertiary/aromatic N) is 2. The van der Waals surface area contributed by atoms with Crippen molar-refractivity contribution in [3.8, 4) is 0 Å². The summed E-state index contributed by atoms with van der Waals surface area (Å²) in [6, 6.07) is 15.0. The second-order valence-corrected chi connectivity index (χ2v) is 7.04. The van der Waals surface area contributed by atoms with Gasteiger partial charge < -0.3 is 0 Å². The maximum atomic E-state index is 12.6. The summed E-state index contributed by atoms with van der Waals surface area (Å²) in [5, 5.41) is 0. The van der Waals surface area contributed by atoms with Crippen LogP contribution in [0.15, 0.2) is 54.7 Å². The highest BCUT2D eigenvalue weighted by atomic mass is 32.2. The monoisotopic (exact) mass is 317 g/mol. The summed E-state index contributed by atoms with van der Waals surface area (Å²) < 4.78 is 29.4. The lowest BCUT2D eigenvalue weighted by Gasteiger charge is -2.23. The molecule has 116 valence electrons. The molecule has 1 aliphatic heterocycles. The van der Waals surface area contributed by atoms with Gasteiger partial charge in [-0.2, -0.15) is 17.4 Å². The first kappa shape index (κ1) is 15.1. The van der Waals surface area contributed by atoms with Crippen LogP contribution in [-0.2, 0) is 16.8 Å². The Balaban J connectivity index is 1.73. The Bertz CT molecular complexity index is 705. The Morgan fingerprint density at radius 3 is 2.64 bits per heavy atom. The zero-order valence-electron chi connectivity index (χ0n) is 12.2. The van der Waals surface area contributed by atoms with Crippen molar-refractivity contribution in [2.45, 2.75) is 25.4 Å². The predicted octanol–water partition coefficient (Wildman–Crippen LogP) is 2.25. The van der Waals surface area contributed by atoms with Crippen molar-refractivity contribution in [2.75, 3.05) is 6.54 Å². The second-order valence-electron chi connectivity index (χ2n) is 5.34. The fraction of sp³-hybridized carbons (Fsp3) is 0.312. The molecular formula is C16H19N3O2S. The average Bonchev–Trinajstić information content (AvgIpc) is 3.06. The average molecular weight is 317 g/mol. The molecule has 1 aromatic carbocycles. The van der Waals surface area contributed by atoms with Gasteiger partial charge in [0, 0.05) is 19.3 Å². The van der Waals surface area contributed by atoms with E-state index in [1.807, 2.05) is 48.5 Å². The van der Waals surface area contributed by atoms with Crippen LogP contribution >= 0.6 is 0 Å². The van der Waals surface area contributed by atoms with E-state index < -0.39 is 10.2 Å². The fourth-order valence-electron chi connectivity index (χ4n) is 2.75. The van der Waals surface area contributed by atoms with Crippen LogP contribution in [0.5, 0.6) is 0 Å². The molecule has 1 atom stereocenters. The smallest absolute Gasteiger partial charge is 0.260 e. The number of hydrogen-bond acceptors (Lipinski definition) is 3. The van der Waals surface area contributed by atoms with E-state index in [0.717, 1.165) is 24.1 Å². The molecule has 3 rings (SSSR count). The van der Waals surface area contributed by atoms with Crippen LogP contribution in [-0.4, -0.2) is 24.3 Å². The normalized spacial score (nSPS) is 19.4. The van der Waals surface area contributed by atoms with Crippen LogP contribution in [0.1, 0.15) is 30.1 Å². The van der Waals surface area contributed by atoms with Crippen molar-refractivity contribution in [3.63, 3.8) is 0 Å². The number of rotatable bonds is 5. The van der Waals surface area contributed by atoms with Crippen molar-refractivity contribution in [1.29, 1.82) is 0 Å². The maximum Gasteiger partial charge on any atom is 0.280 e. The molecule has 5 nitrogen and oxygen atoms in total. The minimum Gasteiger partial charge on any atom is -0.260 e. The molecule has 0 bridgehead atoms. The Morgan fingerprint density at radius 2 is 1.91 bits per heavy atom. The van der Waals surface area contributed by atoms with Crippen molar-refractivity contribution >= 4 is 10.2 Å². The van der Waals surface area contributed by atoms with Crippen LogP contribution < -0.4 is 4.72 Å². The first-order valence-electron chi connectivity index (χ1n) is 7.38. The summed E-state index contributed by atoms with van der Waals surface area (Å²) >= 11 is 0. The molecular weight excluding hydrogens is 298 g/mol. The molecule has 1 aromatic heterocycles. The predicted molar refractivity (Wildman–Crippen MR) is 85.1 cm³/mol. The highest BCUT2D eigenvalue weighted by Crippen LogP contribution is 2.32. The van der Waals surface area contributed by atoms with Gasteiger partial charge in [-0.15, -0.1) is 0 Å². The summed E-state index contributed by atoms with van der Waals surface area (Å²) in [7, 11) is -3.51. The summed E-state index contributed by atoms with van der Waals surface area (Å²) in [5.41, 5.74) is 1.75. The van der Waals surface area contributed by atoms with Gasteiger partial charge >= 0.3 is 0 Å². The number of benzene rings is 1. The third-order valence-electron chi connectivity index (χ3n) is 3.84. The molecule has 1 aliphatic rings. The van der Waals surface area contributed by atoms with Crippen molar-refractivity contribution < 1.29 is 8.42 Å². The van der Waals surface area contributed by atoms with E-state index in [0.29, 0.717) is 13.1 Å². The summed E-state index contributed by atoms with van der Waals surface area (Å²) in [6.45, 7) is 0.833. The zero-order valence-corrected chi connectivity index (χ0v) is 13.0. The molecule has 22 heavy (non-hydrogen) atoms. The Morgan fingerprint density at radius 1 is 1.14 bits per heavy atom. The zero-order chi connectivity index (χ0) is 15.4. The van der Waals surface area contributed by atoms with Gasteiger partial charge in [-0.1, -0.05) is 36.4 Å². The first-order chi connectivity index (χ1) is 10.7. The molecule has 2 heterocycles. The summed E-state index contributed by atoms with van der Waals surface area (Å²) in [4.78, 5) is 4.31. The standard InChI is InChI=1S/C16H19N3O2S/c20-22(21,18-13-14-7-2-1-3-8-14)19-12-6-10-16(19)15-9-4-5-11-17-15/h1-5,7-9,11,16,18H,6,10,12-13H2/t16-/m1/s1. The van der Waals surface area contributed by atoms with E-state index in [1.54, 1.807) is 6.20 Å². The molecule has 0 amide bonds. The third kappa shape index (κ3) is 3.35. The Labute approximate surface area is 131 Å². The van der Waals surface area contributed by atoms with Gasteiger partial charge in [-0.05, 0) is 30.5 Å². The van der Waals surface area contributed by atoms with Crippen LogP contribution in [0.4, 0.5) is 0 Å². The van der Waals surface area contributed by atoms with E-state index in [9.17, 15) is 8.42 Å². The Hall–Kier alpha value is -1.76. The minimum atomic E-state index is -3.51. The Kier molecular flexibility index (Phi) is 4.52. The lowest BCUT2D eigenvalue weighted by atomic mass is 10.1. The lowest BCUT2D eigenvalue weighted by molar-refractivity contribution is 0.383. The largest absolute Gasteiger partial charge is 0.280 e. The highest BCUT2D eigenvalue weighted by Gasteiger charge is 2.35. The molecule has 0 saturated carbocycles. The van der Waals surface area contributed by atoms with Crippen molar-refractivity contribution in [1.82, 2.24) is 14.0 Å².